The second-order valence-electron chi connectivity index (χ2n) is 6.69. The minimum Gasteiger partial charge on any atom is -0.293 e. The van der Waals surface area contributed by atoms with E-state index in [1.165, 1.54) is 50.5 Å². The van der Waals surface area contributed by atoms with E-state index in [1.807, 2.05) is 12.1 Å². The second kappa shape index (κ2) is 9.09. The fraction of sp³-hybridized carbons (Fsp3) is 0.650. The van der Waals surface area contributed by atoms with Crippen molar-refractivity contribution >= 4 is 5.78 Å². The summed E-state index contributed by atoms with van der Waals surface area (Å²) >= 11 is 0. The highest BCUT2D eigenvalue weighted by molar-refractivity contribution is 6.00. The van der Waals surface area contributed by atoms with Crippen LogP contribution in [0.25, 0.3) is 0 Å². The molecule has 1 aliphatic rings. The largest absolute Gasteiger partial charge is 0.293 e. The lowest BCUT2D eigenvalue weighted by molar-refractivity contribution is 0.0834. The van der Waals surface area contributed by atoms with Gasteiger partial charge in [-0.1, -0.05) is 68.9 Å². The normalized spacial score (nSPS) is 16.8. The molecule has 22 heavy (non-hydrogen) atoms. The summed E-state index contributed by atoms with van der Waals surface area (Å²) in [5, 5.41) is 0. The van der Waals surface area contributed by atoms with Gasteiger partial charge in [0.1, 0.15) is 0 Å². The zero-order chi connectivity index (χ0) is 15.8. The lowest BCUT2D eigenvalue weighted by Crippen LogP contribution is -2.39. The standard InChI is InChI=1S/C20H31NO/c1-3-4-5-6-7-10-19(21-15-8-9-16-21)20(22)18-13-11-17(2)12-14-18/h11-14,19H,3-10,15-16H2,1-2H3. The molecular formula is C20H31NO. The molecule has 0 saturated carbocycles. The van der Waals surface area contributed by atoms with Crippen LogP contribution in [0.1, 0.15) is 74.2 Å². The van der Waals surface area contributed by atoms with Crippen LogP contribution in [-0.2, 0) is 0 Å². The highest BCUT2D eigenvalue weighted by Gasteiger charge is 2.28. The second-order valence-corrected chi connectivity index (χ2v) is 6.69. The first kappa shape index (κ1) is 17.2. The monoisotopic (exact) mass is 301 g/mol. The number of aryl methyl sites for hydroxylation is 1. The van der Waals surface area contributed by atoms with Crippen molar-refractivity contribution in [3.63, 3.8) is 0 Å². The van der Waals surface area contributed by atoms with Gasteiger partial charge in [-0.3, -0.25) is 9.69 Å². The first-order valence-electron chi connectivity index (χ1n) is 9.07. The number of Topliss-reactive ketones (excluding diaryl/α,β-unsaturated/α-hetero) is 1. The first-order valence-corrected chi connectivity index (χ1v) is 9.07. The number of carbonyl (C=O) groups is 1. The molecule has 0 aliphatic carbocycles. The molecule has 0 radical (unpaired) electrons. The SMILES string of the molecule is CCCCCCCC(C(=O)c1ccc(C)cc1)N1CCCC1. The Hall–Kier alpha value is -1.15. The molecule has 0 spiro atoms. The summed E-state index contributed by atoms with van der Waals surface area (Å²) in [5.74, 6) is 0.331. The molecule has 1 heterocycles. The Labute approximate surface area is 135 Å². The molecule has 0 aromatic heterocycles. The van der Waals surface area contributed by atoms with Crippen LogP contribution < -0.4 is 0 Å². The van der Waals surface area contributed by atoms with Crippen molar-refractivity contribution in [2.24, 2.45) is 0 Å². The van der Waals surface area contributed by atoms with E-state index >= 15 is 0 Å². The molecule has 2 nitrogen and oxygen atoms in total. The average molecular weight is 301 g/mol. The summed E-state index contributed by atoms with van der Waals surface area (Å²) in [6, 6.07) is 8.20. The quantitative estimate of drug-likeness (QED) is 0.472. The molecule has 2 rings (SSSR count). The van der Waals surface area contributed by atoms with Gasteiger partial charge in [-0.2, -0.15) is 0 Å². The predicted molar refractivity (Wildman–Crippen MR) is 93.5 cm³/mol. The van der Waals surface area contributed by atoms with Crippen LogP contribution in [0, 0.1) is 6.92 Å². The molecule has 1 atom stereocenters. The number of benzene rings is 1. The van der Waals surface area contributed by atoms with E-state index in [0.717, 1.165) is 25.1 Å². The molecular weight excluding hydrogens is 270 g/mol. The summed E-state index contributed by atoms with van der Waals surface area (Å²) in [7, 11) is 0. The van der Waals surface area contributed by atoms with Crippen molar-refractivity contribution in [2.75, 3.05) is 13.1 Å². The third-order valence-corrected chi connectivity index (χ3v) is 4.80. The number of likely N-dealkylation sites (tertiary alicyclic amines) is 1. The highest BCUT2D eigenvalue weighted by Crippen LogP contribution is 2.21. The van der Waals surface area contributed by atoms with Gasteiger partial charge in [0.05, 0.1) is 6.04 Å². The zero-order valence-corrected chi connectivity index (χ0v) is 14.3. The number of rotatable bonds is 9. The van der Waals surface area contributed by atoms with Gasteiger partial charge in [-0.05, 0) is 39.3 Å². The molecule has 1 fully saturated rings. The van der Waals surface area contributed by atoms with E-state index in [0.29, 0.717) is 5.78 Å². The van der Waals surface area contributed by atoms with Gasteiger partial charge >= 0.3 is 0 Å². The molecule has 1 aromatic carbocycles. The Morgan fingerprint density at radius 1 is 1.05 bits per heavy atom. The third kappa shape index (κ3) is 4.95. The molecule has 1 aromatic rings. The van der Waals surface area contributed by atoms with Crippen LogP contribution in [0.4, 0.5) is 0 Å². The smallest absolute Gasteiger partial charge is 0.179 e. The summed E-state index contributed by atoms with van der Waals surface area (Å²) in [6.07, 6.45) is 9.86. The maximum absolute atomic E-state index is 12.9. The number of unbranched alkanes of at least 4 members (excludes halogenated alkanes) is 4. The highest BCUT2D eigenvalue weighted by atomic mass is 16.1. The van der Waals surface area contributed by atoms with Crippen LogP contribution in [0.2, 0.25) is 0 Å². The van der Waals surface area contributed by atoms with Gasteiger partial charge < -0.3 is 0 Å². The first-order chi connectivity index (χ1) is 10.7. The molecule has 0 N–H and O–H groups in total. The van der Waals surface area contributed by atoms with Gasteiger partial charge in [-0.15, -0.1) is 0 Å². The molecule has 1 saturated heterocycles. The Morgan fingerprint density at radius 3 is 2.32 bits per heavy atom. The van der Waals surface area contributed by atoms with Gasteiger partial charge in [0.25, 0.3) is 0 Å². The number of carbonyl (C=O) groups excluding carboxylic acids is 1. The summed E-state index contributed by atoms with van der Waals surface area (Å²) in [5.41, 5.74) is 2.10. The maximum Gasteiger partial charge on any atom is 0.179 e. The van der Waals surface area contributed by atoms with Gasteiger partial charge in [0.2, 0.25) is 0 Å². The van der Waals surface area contributed by atoms with Crippen LogP contribution >= 0.6 is 0 Å². The number of ketones is 1. The molecule has 122 valence electrons. The minimum absolute atomic E-state index is 0.104. The lowest BCUT2D eigenvalue weighted by atomic mass is 9.96. The molecule has 2 heteroatoms. The summed E-state index contributed by atoms with van der Waals surface area (Å²) in [4.78, 5) is 15.3. The third-order valence-electron chi connectivity index (χ3n) is 4.80. The van der Waals surface area contributed by atoms with Crippen molar-refractivity contribution in [3.05, 3.63) is 35.4 Å². The van der Waals surface area contributed by atoms with Crippen LogP contribution in [0.5, 0.6) is 0 Å². The fourth-order valence-electron chi connectivity index (χ4n) is 3.38. The van der Waals surface area contributed by atoms with E-state index in [9.17, 15) is 4.79 Å². The van der Waals surface area contributed by atoms with E-state index in [4.69, 9.17) is 0 Å². The predicted octanol–water partition coefficient (Wildman–Crippen LogP) is 5.00. The topological polar surface area (TPSA) is 20.3 Å². The van der Waals surface area contributed by atoms with Gasteiger partial charge in [0, 0.05) is 5.56 Å². The van der Waals surface area contributed by atoms with Gasteiger partial charge in [-0.25, -0.2) is 0 Å². The van der Waals surface area contributed by atoms with Gasteiger partial charge in [0.15, 0.2) is 5.78 Å². The fourth-order valence-corrected chi connectivity index (χ4v) is 3.38. The number of hydrogen-bond donors (Lipinski definition) is 0. The van der Waals surface area contributed by atoms with E-state index in [-0.39, 0.29) is 6.04 Å². The number of nitrogens with zero attached hydrogens (tertiary/aromatic N) is 1. The van der Waals surface area contributed by atoms with Crippen molar-refractivity contribution in [1.82, 2.24) is 4.90 Å². The Balaban J connectivity index is 1.96. The lowest BCUT2D eigenvalue weighted by Gasteiger charge is -2.26. The molecule has 1 aliphatic heterocycles. The Morgan fingerprint density at radius 2 is 1.68 bits per heavy atom. The Bertz CT molecular complexity index is 445. The van der Waals surface area contributed by atoms with Crippen molar-refractivity contribution < 1.29 is 4.79 Å². The van der Waals surface area contributed by atoms with Crippen molar-refractivity contribution in [2.45, 2.75) is 71.3 Å². The number of hydrogen-bond acceptors (Lipinski definition) is 2. The minimum atomic E-state index is 0.104. The van der Waals surface area contributed by atoms with Crippen LogP contribution in [-0.4, -0.2) is 29.8 Å². The summed E-state index contributed by atoms with van der Waals surface area (Å²) in [6.45, 7) is 6.50. The maximum atomic E-state index is 12.9. The average Bonchev–Trinajstić information content (AvgIpc) is 3.05. The van der Waals surface area contributed by atoms with Crippen molar-refractivity contribution in [1.29, 1.82) is 0 Å². The molecule has 0 amide bonds. The molecule has 1 unspecified atom stereocenters. The van der Waals surface area contributed by atoms with E-state index in [2.05, 4.69) is 30.9 Å². The van der Waals surface area contributed by atoms with Crippen molar-refractivity contribution in [3.8, 4) is 0 Å². The van der Waals surface area contributed by atoms with E-state index in [1.54, 1.807) is 0 Å². The zero-order valence-electron chi connectivity index (χ0n) is 14.3. The van der Waals surface area contributed by atoms with Crippen LogP contribution in [0.3, 0.4) is 0 Å². The summed E-state index contributed by atoms with van der Waals surface area (Å²) < 4.78 is 0. The van der Waals surface area contributed by atoms with E-state index < -0.39 is 0 Å². The molecule has 0 bridgehead atoms. The van der Waals surface area contributed by atoms with Crippen LogP contribution in [0.15, 0.2) is 24.3 Å². The Kier molecular flexibility index (Phi) is 7.11.